The normalized spacial score (nSPS) is 15.0. The highest BCUT2D eigenvalue weighted by Crippen LogP contribution is 2.55. The van der Waals surface area contributed by atoms with Gasteiger partial charge in [-0.1, -0.05) is 112 Å². The van der Waals surface area contributed by atoms with Crippen molar-refractivity contribution in [1.29, 1.82) is 0 Å². The quantitative estimate of drug-likeness (QED) is 0.178. The minimum absolute atomic E-state index is 0.179. The maximum absolute atomic E-state index is 2.50. The molecule has 0 aliphatic heterocycles. The molecule has 0 saturated heterocycles. The van der Waals surface area contributed by atoms with E-state index in [1.54, 1.807) is 0 Å². The molecular weight excluding hydrogens is 544 g/mol. The Morgan fingerprint density at radius 3 is 2.04 bits per heavy atom. The van der Waals surface area contributed by atoms with E-state index in [0.717, 1.165) is 37.1 Å². The highest BCUT2D eigenvalue weighted by molar-refractivity contribution is 6.09. The molecule has 0 aromatic heterocycles. The highest BCUT2D eigenvalue weighted by atomic mass is 15.2. The first-order valence-electron chi connectivity index (χ1n) is 16.4. The minimum atomic E-state index is -0.179. The second-order valence-electron chi connectivity index (χ2n) is 12.8. The van der Waals surface area contributed by atoms with Gasteiger partial charge in [0.25, 0.3) is 0 Å². The van der Waals surface area contributed by atoms with Gasteiger partial charge in [-0.25, -0.2) is 0 Å². The number of hydrogen-bond acceptors (Lipinski definition) is 2. The zero-order valence-corrected chi connectivity index (χ0v) is 26.9. The average molecular weight is 587 g/mol. The van der Waals surface area contributed by atoms with Crippen LogP contribution < -0.4 is 9.80 Å². The van der Waals surface area contributed by atoms with E-state index in [9.17, 15) is 0 Å². The average Bonchev–Trinajstić information content (AvgIpc) is 3.31. The maximum Gasteiger partial charge on any atom is 0.0539 e. The van der Waals surface area contributed by atoms with Gasteiger partial charge in [0.05, 0.1) is 5.69 Å². The molecule has 5 aromatic rings. The van der Waals surface area contributed by atoms with Gasteiger partial charge in [0.2, 0.25) is 0 Å². The third-order valence-electron chi connectivity index (χ3n) is 9.48. The summed E-state index contributed by atoms with van der Waals surface area (Å²) >= 11 is 0. The Kier molecular flexibility index (Phi) is 7.67. The molecule has 0 saturated carbocycles. The fourth-order valence-corrected chi connectivity index (χ4v) is 7.22. The summed E-state index contributed by atoms with van der Waals surface area (Å²) in [6.45, 7) is 9.33. The van der Waals surface area contributed by atoms with Gasteiger partial charge < -0.3 is 9.80 Å². The lowest BCUT2D eigenvalue weighted by Gasteiger charge is -2.32. The maximum atomic E-state index is 2.50. The van der Waals surface area contributed by atoms with E-state index in [0.29, 0.717) is 0 Å². The van der Waals surface area contributed by atoms with Crippen molar-refractivity contribution in [3.63, 3.8) is 0 Å². The van der Waals surface area contributed by atoms with Crippen LogP contribution in [0.1, 0.15) is 64.5 Å². The smallest absolute Gasteiger partial charge is 0.0539 e. The van der Waals surface area contributed by atoms with Gasteiger partial charge in [-0.3, -0.25) is 0 Å². The molecule has 5 aromatic carbocycles. The molecule has 0 unspecified atom stereocenters. The van der Waals surface area contributed by atoms with Crippen molar-refractivity contribution in [3.05, 3.63) is 156 Å². The summed E-state index contributed by atoms with van der Waals surface area (Å²) < 4.78 is 0. The fourth-order valence-electron chi connectivity index (χ4n) is 7.22. The van der Waals surface area contributed by atoms with E-state index < -0.39 is 0 Å². The molecule has 224 valence electrons. The first-order valence-corrected chi connectivity index (χ1v) is 16.4. The molecule has 0 bridgehead atoms. The van der Waals surface area contributed by atoms with Crippen LogP contribution in [0, 0.1) is 0 Å². The number of anilines is 4. The van der Waals surface area contributed by atoms with E-state index in [-0.39, 0.29) is 5.41 Å². The predicted molar refractivity (Wildman–Crippen MR) is 194 cm³/mol. The topological polar surface area (TPSA) is 6.48 Å². The van der Waals surface area contributed by atoms with Gasteiger partial charge in [0.15, 0.2) is 0 Å². The monoisotopic (exact) mass is 586 g/mol. The minimum Gasteiger partial charge on any atom is -0.315 e. The van der Waals surface area contributed by atoms with Crippen LogP contribution in [0.15, 0.2) is 145 Å². The van der Waals surface area contributed by atoms with Gasteiger partial charge in [0.1, 0.15) is 0 Å². The Labute approximate surface area is 268 Å². The molecule has 7 rings (SSSR count). The molecule has 0 radical (unpaired) electrons. The van der Waals surface area contributed by atoms with Gasteiger partial charge >= 0.3 is 0 Å². The largest absolute Gasteiger partial charge is 0.315 e. The van der Waals surface area contributed by atoms with Gasteiger partial charge in [-0.15, -0.1) is 0 Å². The SMILES string of the molecule is CCC/C=C(\C)N(C1=CCCC=C1)c1cc2c(c3ccccc13)-c1ccc(N(c3ccccc3)c3ccccc3)cc1C2(C)C. The van der Waals surface area contributed by atoms with Crippen molar-refractivity contribution in [2.75, 3.05) is 9.80 Å². The molecule has 2 nitrogen and oxygen atoms in total. The lowest BCUT2D eigenvalue weighted by molar-refractivity contribution is 0.661. The Bertz CT molecular complexity index is 1900. The molecular formula is C43H42N2. The van der Waals surface area contributed by atoms with E-state index >= 15 is 0 Å². The first kappa shape index (κ1) is 28.9. The van der Waals surface area contributed by atoms with Crippen molar-refractivity contribution in [2.24, 2.45) is 0 Å². The third-order valence-corrected chi connectivity index (χ3v) is 9.48. The molecule has 2 aliphatic carbocycles. The molecule has 2 heteroatoms. The lowest BCUT2D eigenvalue weighted by Crippen LogP contribution is -2.22. The summed E-state index contributed by atoms with van der Waals surface area (Å²) in [6, 6.07) is 40.0. The molecule has 2 aliphatic rings. The number of benzene rings is 5. The number of unbranched alkanes of at least 4 members (excludes halogenated alkanes) is 1. The molecule has 0 atom stereocenters. The Balaban J connectivity index is 1.43. The molecule has 0 N–H and O–H groups in total. The summed E-state index contributed by atoms with van der Waals surface area (Å²) in [5.41, 5.74) is 12.6. The highest BCUT2D eigenvalue weighted by Gasteiger charge is 2.38. The summed E-state index contributed by atoms with van der Waals surface area (Å²) in [7, 11) is 0. The number of rotatable bonds is 8. The van der Waals surface area contributed by atoms with Crippen LogP contribution in [0.2, 0.25) is 0 Å². The van der Waals surface area contributed by atoms with E-state index in [4.69, 9.17) is 0 Å². The summed E-state index contributed by atoms with van der Waals surface area (Å²) in [4.78, 5) is 4.87. The number of fused-ring (bicyclic) bond motifs is 5. The molecule has 0 amide bonds. The van der Waals surface area contributed by atoms with Crippen LogP contribution in [-0.2, 0) is 5.41 Å². The van der Waals surface area contributed by atoms with Gasteiger partial charge in [-0.2, -0.15) is 0 Å². The Morgan fingerprint density at radius 2 is 1.40 bits per heavy atom. The van der Waals surface area contributed by atoms with E-state index in [1.807, 2.05) is 0 Å². The molecule has 0 fully saturated rings. The summed E-state index contributed by atoms with van der Waals surface area (Å²) in [5.74, 6) is 0. The second-order valence-corrected chi connectivity index (χ2v) is 12.8. The van der Waals surface area contributed by atoms with Gasteiger partial charge in [-0.05, 0) is 102 Å². The Hall–Kier alpha value is -4.82. The molecule has 0 heterocycles. The van der Waals surface area contributed by atoms with Crippen LogP contribution in [0.3, 0.4) is 0 Å². The zero-order valence-electron chi connectivity index (χ0n) is 26.9. The predicted octanol–water partition coefficient (Wildman–Crippen LogP) is 12.4. The standard InChI is InChI=1S/C43H42N2/c1-5-6-18-31(2)44(32-19-10-7-11-20-32)41-30-40-42(37-26-17-16-25-36(37)41)38-28-27-35(29-39(38)43(40,3)4)45(33-21-12-8-13-22-33)34-23-14-9-15-24-34/h8-10,12-30H,5-7,11H2,1-4H3/b31-18+. The first-order chi connectivity index (χ1) is 22.0. The van der Waals surface area contributed by atoms with Crippen molar-refractivity contribution < 1.29 is 0 Å². The van der Waals surface area contributed by atoms with Crippen molar-refractivity contribution in [2.45, 2.75) is 58.8 Å². The van der Waals surface area contributed by atoms with E-state index in [2.05, 4.69) is 171 Å². The van der Waals surface area contributed by atoms with Crippen molar-refractivity contribution in [1.82, 2.24) is 0 Å². The fraction of sp³-hybridized carbons (Fsp3) is 0.209. The van der Waals surface area contributed by atoms with Gasteiger partial charge in [0, 0.05) is 39.3 Å². The Morgan fingerprint density at radius 1 is 0.733 bits per heavy atom. The van der Waals surface area contributed by atoms with Crippen LogP contribution in [-0.4, -0.2) is 0 Å². The molecule has 45 heavy (non-hydrogen) atoms. The van der Waals surface area contributed by atoms with Crippen LogP contribution >= 0.6 is 0 Å². The summed E-state index contributed by atoms with van der Waals surface area (Å²) in [5, 5.41) is 2.62. The number of allylic oxidation sites excluding steroid dienone is 5. The summed E-state index contributed by atoms with van der Waals surface area (Å²) in [6.07, 6.45) is 13.8. The number of nitrogens with zero attached hydrogens (tertiary/aromatic N) is 2. The number of hydrogen-bond donors (Lipinski definition) is 0. The zero-order chi connectivity index (χ0) is 31.0. The number of para-hydroxylation sites is 2. The van der Waals surface area contributed by atoms with Crippen LogP contribution in [0.4, 0.5) is 22.7 Å². The van der Waals surface area contributed by atoms with E-state index in [1.165, 1.54) is 55.8 Å². The third kappa shape index (κ3) is 5.09. The van der Waals surface area contributed by atoms with Crippen LogP contribution in [0.5, 0.6) is 0 Å². The van der Waals surface area contributed by atoms with Crippen molar-refractivity contribution >= 4 is 33.5 Å². The lowest BCUT2D eigenvalue weighted by atomic mass is 9.81. The second kappa shape index (κ2) is 11.9. The van der Waals surface area contributed by atoms with Crippen molar-refractivity contribution in [3.8, 4) is 11.1 Å². The van der Waals surface area contributed by atoms with Crippen LogP contribution in [0.25, 0.3) is 21.9 Å². The molecule has 0 spiro atoms.